The maximum Gasteiger partial charge on any atom is 0.161 e. The number of allylic oxidation sites excluding steroid dienone is 1. The zero-order valence-electron chi connectivity index (χ0n) is 13.8. The average molecular weight is 289 g/mol. The smallest absolute Gasteiger partial charge is 0.161 e. The molecule has 3 heteroatoms. The molecular weight excluding hydrogens is 262 g/mol. The second-order valence-corrected chi connectivity index (χ2v) is 6.32. The van der Waals surface area contributed by atoms with E-state index in [9.17, 15) is 0 Å². The minimum absolute atomic E-state index is 0.0819. The molecule has 1 aromatic carbocycles. The molecule has 116 valence electrons. The maximum absolute atomic E-state index is 5.47. The van der Waals surface area contributed by atoms with Crippen molar-refractivity contribution in [1.29, 1.82) is 0 Å². The van der Waals surface area contributed by atoms with Crippen LogP contribution in [0.15, 0.2) is 30.4 Å². The molecule has 0 aromatic heterocycles. The van der Waals surface area contributed by atoms with Crippen molar-refractivity contribution < 1.29 is 9.47 Å². The Morgan fingerprint density at radius 3 is 2.43 bits per heavy atom. The van der Waals surface area contributed by atoms with E-state index in [2.05, 4.69) is 50.1 Å². The monoisotopic (exact) mass is 289 g/mol. The van der Waals surface area contributed by atoms with Gasteiger partial charge in [0.1, 0.15) is 0 Å². The molecule has 1 aromatic rings. The number of ether oxygens (including phenoxy) is 2. The highest BCUT2D eigenvalue weighted by Crippen LogP contribution is 2.39. The third-order valence-corrected chi connectivity index (χ3v) is 4.25. The van der Waals surface area contributed by atoms with Gasteiger partial charge in [0.15, 0.2) is 11.5 Å². The summed E-state index contributed by atoms with van der Waals surface area (Å²) in [6, 6.07) is 6.31. The van der Waals surface area contributed by atoms with Gasteiger partial charge in [0.05, 0.1) is 14.2 Å². The minimum Gasteiger partial charge on any atom is -0.493 e. The molecule has 0 radical (unpaired) electrons. The lowest BCUT2D eigenvalue weighted by Gasteiger charge is -2.27. The van der Waals surface area contributed by atoms with E-state index in [0.29, 0.717) is 5.92 Å². The standard InChI is InChI=1S/C18H27NO2/c1-14(2)8-9-18(10-11-19(3)13-18)15-6-7-16(20-4)17(12-15)21-5/h6-9,12,14H,10-11,13H2,1-5H3/b9-8-/t18-/m1/s1. The summed E-state index contributed by atoms with van der Waals surface area (Å²) in [5.41, 5.74) is 1.39. The van der Waals surface area contributed by atoms with Crippen LogP contribution in [0.1, 0.15) is 25.8 Å². The van der Waals surface area contributed by atoms with Crippen LogP contribution in [0.3, 0.4) is 0 Å². The fourth-order valence-electron chi connectivity index (χ4n) is 3.02. The quantitative estimate of drug-likeness (QED) is 0.775. The Labute approximate surface area is 128 Å². The van der Waals surface area contributed by atoms with Gasteiger partial charge in [0.25, 0.3) is 0 Å². The second kappa shape index (κ2) is 6.52. The summed E-state index contributed by atoms with van der Waals surface area (Å²) < 4.78 is 10.8. The van der Waals surface area contributed by atoms with Crippen molar-refractivity contribution in [2.75, 3.05) is 34.4 Å². The van der Waals surface area contributed by atoms with Crippen LogP contribution < -0.4 is 9.47 Å². The lowest BCUT2D eigenvalue weighted by Crippen LogP contribution is -2.27. The second-order valence-electron chi connectivity index (χ2n) is 6.32. The molecule has 2 rings (SSSR count). The number of likely N-dealkylation sites (N-methyl/N-ethyl adjacent to an activating group) is 1. The van der Waals surface area contributed by atoms with Crippen molar-refractivity contribution >= 4 is 0 Å². The molecule has 3 nitrogen and oxygen atoms in total. The van der Waals surface area contributed by atoms with Gasteiger partial charge >= 0.3 is 0 Å². The Morgan fingerprint density at radius 1 is 1.19 bits per heavy atom. The van der Waals surface area contributed by atoms with Crippen LogP contribution >= 0.6 is 0 Å². The molecule has 1 aliphatic heterocycles. The van der Waals surface area contributed by atoms with Crippen LogP contribution in [0.2, 0.25) is 0 Å². The summed E-state index contributed by atoms with van der Waals surface area (Å²) in [7, 11) is 5.56. The number of benzene rings is 1. The third-order valence-electron chi connectivity index (χ3n) is 4.25. The minimum atomic E-state index is 0.0819. The van der Waals surface area contributed by atoms with Gasteiger partial charge in [-0.15, -0.1) is 0 Å². The molecule has 1 fully saturated rings. The zero-order chi connectivity index (χ0) is 15.5. The summed E-state index contributed by atoms with van der Waals surface area (Å²) in [5, 5.41) is 0. The molecule has 0 amide bonds. The van der Waals surface area contributed by atoms with Crippen LogP contribution in [0.25, 0.3) is 0 Å². The molecule has 21 heavy (non-hydrogen) atoms. The summed E-state index contributed by atoms with van der Waals surface area (Å²) in [6.45, 7) is 6.61. The number of nitrogens with zero attached hydrogens (tertiary/aromatic N) is 1. The van der Waals surface area contributed by atoms with Crippen molar-refractivity contribution in [3.8, 4) is 11.5 Å². The highest BCUT2D eigenvalue weighted by Gasteiger charge is 2.36. The van der Waals surface area contributed by atoms with E-state index in [1.807, 2.05) is 6.07 Å². The lowest BCUT2D eigenvalue weighted by molar-refractivity contribution is 0.352. The molecule has 0 bridgehead atoms. The van der Waals surface area contributed by atoms with Crippen LogP contribution in [0.4, 0.5) is 0 Å². The van der Waals surface area contributed by atoms with Crippen molar-refractivity contribution in [2.24, 2.45) is 5.92 Å². The summed E-state index contributed by atoms with van der Waals surface area (Å²) in [5.74, 6) is 2.16. The summed E-state index contributed by atoms with van der Waals surface area (Å²) in [6.07, 6.45) is 5.85. The van der Waals surface area contributed by atoms with Gasteiger partial charge < -0.3 is 14.4 Å². The van der Waals surface area contributed by atoms with Gasteiger partial charge in [-0.25, -0.2) is 0 Å². The normalized spacial score (nSPS) is 23.1. The molecule has 1 saturated heterocycles. The van der Waals surface area contributed by atoms with E-state index in [1.165, 1.54) is 5.56 Å². The first-order valence-corrected chi connectivity index (χ1v) is 7.61. The number of likely N-dealkylation sites (tertiary alicyclic amines) is 1. The number of rotatable bonds is 5. The molecule has 0 aliphatic carbocycles. The van der Waals surface area contributed by atoms with Gasteiger partial charge in [-0.05, 0) is 43.6 Å². The predicted molar refractivity (Wildman–Crippen MR) is 87.3 cm³/mol. The molecule has 1 aliphatic rings. The Morgan fingerprint density at radius 2 is 1.90 bits per heavy atom. The van der Waals surface area contributed by atoms with Gasteiger partial charge in [-0.3, -0.25) is 0 Å². The molecule has 0 saturated carbocycles. The van der Waals surface area contributed by atoms with Crippen LogP contribution in [0.5, 0.6) is 11.5 Å². The first-order chi connectivity index (χ1) is 10.0. The highest BCUT2D eigenvalue weighted by atomic mass is 16.5. The van der Waals surface area contributed by atoms with Crippen molar-refractivity contribution in [1.82, 2.24) is 4.90 Å². The largest absolute Gasteiger partial charge is 0.493 e. The van der Waals surface area contributed by atoms with Gasteiger partial charge in [-0.2, -0.15) is 0 Å². The predicted octanol–water partition coefficient (Wildman–Crippen LogP) is 3.49. The summed E-state index contributed by atoms with van der Waals surface area (Å²) in [4.78, 5) is 2.39. The summed E-state index contributed by atoms with van der Waals surface area (Å²) >= 11 is 0. The highest BCUT2D eigenvalue weighted by molar-refractivity contribution is 5.47. The fourth-order valence-corrected chi connectivity index (χ4v) is 3.02. The van der Waals surface area contributed by atoms with Gasteiger partial charge in [0, 0.05) is 12.0 Å². The third kappa shape index (κ3) is 3.41. The number of hydrogen-bond donors (Lipinski definition) is 0. The molecule has 1 heterocycles. The fraction of sp³-hybridized carbons (Fsp3) is 0.556. The topological polar surface area (TPSA) is 21.7 Å². The first kappa shape index (κ1) is 15.9. The van der Waals surface area contributed by atoms with E-state index in [-0.39, 0.29) is 5.41 Å². The number of methoxy groups -OCH3 is 2. The molecule has 0 N–H and O–H groups in total. The average Bonchev–Trinajstić information content (AvgIpc) is 2.87. The Kier molecular flexibility index (Phi) is 4.94. The van der Waals surface area contributed by atoms with Crippen molar-refractivity contribution in [3.05, 3.63) is 35.9 Å². The SMILES string of the molecule is COc1ccc([C@]2(/C=C\C(C)C)CCN(C)C2)cc1OC. The Bertz CT molecular complexity index is 510. The van der Waals surface area contributed by atoms with Crippen molar-refractivity contribution in [3.63, 3.8) is 0 Å². The van der Waals surface area contributed by atoms with E-state index in [1.54, 1.807) is 14.2 Å². The Balaban J connectivity index is 2.42. The Hall–Kier alpha value is -1.48. The molecule has 1 atom stereocenters. The maximum atomic E-state index is 5.47. The van der Waals surface area contributed by atoms with E-state index < -0.39 is 0 Å². The van der Waals surface area contributed by atoms with Crippen LogP contribution in [0, 0.1) is 5.92 Å². The van der Waals surface area contributed by atoms with E-state index in [0.717, 1.165) is 31.0 Å². The van der Waals surface area contributed by atoms with E-state index >= 15 is 0 Å². The zero-order valence-corrected chi connectivity index (χ0v) is 13.8. The van der Waals surface area contributed by atoms with Crippen LogP contribution in [-0.2, 0) is 5.41 Å². The first-order valence-electron chi connectivity index (χ1n) is 7.61. The van der Waals surface area contributed by atoms with Gasteiger partial charge in [-0.1, -0.05) is 32.1 Å². The molecular formula is C18H27NO2. The molecule has 0 spiro atoms. The van der Waals surface area contributed by atoms with Gasteiger partial charge in [0.2, 0.25) is 0 Å². The lowest BCUT2D eigenvalue weighted by atomic mass is 9.78. The van der Waals surface area contributed by atoms with Crippen LogP contribution in [-0.4, -0.2) is 39.3 Å². The van der Waals surface area contributed by atoms with E-state index in [4.69, 9.17) is 9.47 Å². The molecule has 0 unspecified atom stereocenters. The van der Waals surface area contributed by atoms with Crippen molar-refractivity contribution in [2.45, 2.75) is 25.7 Å². The number of hydrogen-bond acceptors (Lipinski definition) is 3.